The van der Waals surface area contributed by atoms with Crippen LogP contribution in [0.1, 0.15) is 31.2 Å². The summed E-state index contributed by atoms with van der Waals surface area (Å²) in [6.45, 7) is 1.75. The molecular formula is C13H19N3O. The monoisotopic (exact) mass is 233 g/mol. The van der Waals surface area contributed by atoms with Gasteiger partial charge in [-0.15, -0.1) is 0 Å². The largest absolute Gasteiger partial charge is 0.481 e. The summed E-state index contributed by atoms with van der Waals surface area (Å²) < 4.78 is 5.10. The molecule has 0 spiro atoms. The highest BCUT2D eigenvalue weighted by atomic mass is 16.5. The molecule has 17 heavy (non-hydrogen) atoms. The lowest BCUT2D eigenvalue weighted by atomic mass is 10.2. The van der Waals surface area contributed by atoms with Gasteiger partial charge in [0.15, 0.2) is 0 Å². The van der Waals surface area contributed by atoms with Crippen molar-refractivity contribution in [2.75, 3.05) is 13.7 Å². The van der Waals surface area contributed by atoms with Crippen LogP contribution in [0.25, 0.3) is 0 Å². The number of nitrogens with zero attached hydrogens (tertiary/aromatic N) is 2. The molecular weight excluding hydrogens is 214 g/mol. The van der Waals surface area contributed by atoms with E-state index in [4.69, 9.17) is 4.74 Å². The third kappa shape index (κ3) is 3.73. The summed E-state index contributed by atoms with van der Waals surface area (Å²) in [6.07, 6.45) is 6.59. The molecule has 0 aliphatic carbocycles. The predicted octanol–water partition coefficient (Wildman–Crippen LogP) is 2.15. The van der Waals surface area contributed by atoms with Crippen molar-refractivity contribution < 1.29 is 4.74 Å². The highest BCUT2D eigenvalue weighted by molar-refractivity contribution is 5.82. The number of aliphatic imine (C=N–C) groups is 1. The van der Waals surface area contributed by atoms with Crippen LogP contribution >= 0.6 is 0 Å². The van der Waals surface area contributed by atoms with Gasteiger partial charge < -0.3 is 10.1 Å². The van der Waals surface area contributed by atoms with Crippen LogP contribution in [0, 0.1) is 0 Å². The van der Waals surface area contributed by atoms with Crippen molar-refractivity contribution in [3.8, 4) is 5.88 Å². The number of aromatic nitrogens is 1. The Hall–Kier alpha value is -1.58. The zero-order chi connectivity index (χ0) is 11.9. The van der Waals surface area contributed by atoms with Crippen molar-refractivity contribution in [3.05, 3.63) is 23.9 Å². The summed E-state index contributed by atoms with van der Waals surface area (Å²) in [5.74, 6) is 1.80. The Balaban J connectivity index is 1.90. The predicted molar refractivity (Wildman–Crippen MR) is 68.4 cm³/mol. The van der Waals surface area contributed by atoms with Crippen molar-refractivity contribution in [1.29, 1.82) is 0 Å². The van der Waals surface area contributed by atoms with Crippen LogP contribution < -0.4 is 10.1 Å². The van der Waals surface area contributed by atoms with Crippen molar-refractivity contribution in [1.82, 2.24) is 10.3 Å². The number of amidine groups is 1. The van der Waals surface area contributed by atoms with E-state index in [9.17, 15) is 0 Å². The Morgan fingerprint density at radius 1 is 1.35 bits per heavy atom. The molecule has 2 heterocycles. The molecule has 0 bridgehead atoms. The summed E-state index contributed by atoms with van der Waals surface area (Å²) >= 11 is 0. The fourth-order valence-corrected chi connectivity index (χ4v) is 1.89. The zero-order valence-electron chi connectivity index (χ0n) is 10.3. The van der Waals surface area contributed by atoms with Gasteiger partial charge in [0, 0.05) is 31.8 Å². The van der Waals surface area contributed by atoms with Crippen molar-refractivity contribution in [2.24, 2.45) is 4.99 Å². The third-order valence-electron chi connectivity index (χ3n) is 2.88. The molecule has 0 unspecified atom stereocenters. The van der Waals surface area contributed by atoms with Gasteiger partial charge in [0.1, 0.15) is 0 Å². The van der Waals surface area contributed by atoms with Crippen LogP contribution in [-0.4, -0.2) is 24.5 Å². The van der Waals surface area contributed by atoms with Gasteiger partial charge >= 0.3 is 0 Å². The quantitative estimate of drug-likeness (QED) is 0.870. The molecule has 4 nitrogen and oxygen atoms in total. The highest BCUT2D eigenvalue weighted by Gasteiger charge is 2.04. The van der Waals surface area contributed by atoms with E-state index in [-0.39, 0.29) is 0 Å². The van der Waals surface area contributed by atoms with E-state index in [1.54, 1.807) is 13.3 Å². The first-order valence-electron chi connectivity index (χ1n) is 6.14. The molecule has 1 aromatic heterocycles. The van der Waals surface area contributed by atoms with Gasteiger partial charge in [-0.25, -0.2) is 4.98 Å². The van der Waals surface area contributed by atoms with Gasteiger partial charge in [0.05, 0.1) is 12.9 Å². The van der Waals surface area contributed by atoms with Gasteiger partial charge in [0.25, 0.3) is 0 Å². The van der Waals surface area contributed by atoms with Crippen molar-refractivity contribution >= 4 is 5.84 Å². The maximum atomic E-state index is 5.10. The Morgan fingerprint density at radius 3 is 3.18 bits per heavy atom. The van der Waals surface area contributed by atoms with E-state index in [0.717, 1.165) is 25.3 Å². The Kier molecular flexibility index (Phi) is 4.36. The second kappa shape index (κ2) is 6.23. The third-order valence-corrected chi connectivity index (χ3v) is 2.88. The number of hydrogen-bond donors (Lipinski definition) is 1. The molecule has 0 saturated carbocycles. The van der Waals surface area contributed by atoms with Gasteiger partial charge in [0.2, 0.25) is 5.88 Å². The normalized spacial score (nSPS) is 15.9. The molecule has 1 N–H and O–H groups in total. The molecule has 0 amide bonds. The van der Waals surface area contributed by atoms with E-state index < -0.39 is 0 Å². The molecule has 1 aromatic rings. The molecule has 2 rings (SSSR count). The lowest BCUT2D eigenvalue weighted by Gasteiger charge is -2.08. The minimum absolute atomic E-state index is 0.659. The number of methoxy groups -OCH3 is 1. The maximum Gasteiger partial charge on any atom is 0.213 e. The van der Waals surface area contributed by atoms with Crippen LogP contribution in [0.5, 0.6) is 5.88 Å². The molecule has 92 valence electrons. The second-order valence-electron chi connectivity index (χ2n) is 4.20. The number of hydrogen-bond acceptors (Lipinski definition) is 4. The number of ether oxygens (including phenoxy) is 1. The smallest absolute Gasteiger partial charge is 0.213 e. The summed E-state index contributed by atoms with van der Waals surface area (Å²) in [5, 5.41) is 3.40. The maximum absolute atomic E-state index is 5.10. The number of rotatable bonds is 3. The lowest BCUT2D eigenvalue weighted by Crippen LogP contribution is -2.22. The van der Waals surface area contributed by atoms with Crippen molar-refractivity contribution in [3.63, 3.8) is 0 Å². The van der Waals surface area contributed by atoms with Crippen LogP contribution in [0.2, 0.25) is 0 Å². The lowest BCUT2D eigenvalue weighted by molar-refractivity contribution is 0.397. The summed E-state index contributed by atoms with van der Waals surface area (Å²) in [6, 6.07) is 3.94. The average Bonchev–Trinajstić information content (AvgIpc) is 2.65. The van der Waals surface area contributed by atoms with Gasteiger partial charge in [-0.2, -0.15) is 0 Å². The van der Waals surface area contributed by atoms with E-state index in [0.29, 0.717) is 5.88 Å². The fraction of sp³-hybridized carbons (Fsp3) is 0.538. The molecule has 4 heteroatoms. The molecule has 0 aromatic carbocycles. The topological polar surface area (TPSA) is 46.5 Å². The molecule has 0 radical (unpaired) electrons. The SMILES string of the molecule is COc1cc(CNC2=NCCCCC2)ccn1. The molecule has 0 fully saturated rings. The van der Waals surface area contributed by atoms with Crippen molar-refractivity contribution in [2.45, 2.75) is 32.2 Å². The molecule has 0 saturated heterocycles. The van der Waals surface area contributed by atoms with Gasteiger partial charge in [-0.05, 0) is 24.5 Å². The Morgan fingerprint density at radius 2 is 2.29 bits per heavy atom. The minimum atomic E-state index is 0.659. The average molecular weight is 233 g/mol. The van der Waals surface area contributed by atoms with E-state index in [1.807, 2.05) is 12.1 Å². The highest BCUT2D eigenvalue weighted by Crippen LogP contribution is 2.09. The first-order valence-corrected chi connectivity index (χ1v) is 6.14. The first kappa shape index (κ1) is 11.9. The molecule has 1 aliphatic rings. The second-order valence-corrected chi connectivity index (χ2v) is 4.20. The Labute approximate surface area is 102 Å². The first-order chi connectivity index (χ1) is 8.38. The van der Waals surface area contributed by atoms with Gasteiger partial charge in [-0.3, -0.25) is 4.99 Å². The summed E-state index contributed by atoms with van der Waals surface area (Å²) in [7, 11) is 1.63. The van der Waals surface area contributed by atoms with E-state index in [2.05, 4.69) is 15.3 Å². The van der Waals surface area contributed by atoms with E-state index >= 15 is 0 Å². The zero-order valence-corrected chi connectivity index (χ0v) is 10.3. The number of pyridine rings is 1. The van der Waals surface area contributed by atoms with Crippen LogP contribution in [-0.2, 0) is 6.54 Å². The summed E-state index contributed by atoms with van der Waals surface area (Å²) in [5.41, 5.74) is 1.17. The summed E-state index contributed by atoms with van der Waals surface area (Å²) in [4.78, 5) is 8.63. The standard InChI is InChI=1S/C13H19N3O/c1-17-13-9-11(6-8-15-13)10-16-12-5-3-2-4-7-14-12/h6,8-9H,2-5,7,10H2,1H3,(H,14,16). The van der Waals surface area contributed by atoms with Crippen LogP contribution in [0.15, 0.2) is 23.3 Å². The van der Waals surface area contributed by atoms with Crippen LogP contribution in [0.3, 0.4) is 0 Å². The van der Waals surface area contributed by atoms with Gasteiger partial charge in [-0.1, -0.05) is 6.42 Å². The molecule has 1 aliphatic heterocycles. The fourth-order valence-electron chi connectivity index (χ4n) is 1.89. The number of nitrogens with one attached hydrogen (secondary N) is 1. The Bertz CT molecular complexity index is 390. The van der Waals surface area contributed by atoms with E-state index in [1.165, 1.54) is 24.8 Å². The van der Waals surface area contributed by atoms with Crippen LogP contribution in [0.4, 0.5) is 0 Å². The molecule has 0 atom stereocenters. The minimum Gasteiger partial charge on any atom is -0.481 e.